The summed E-state index contributed by atoms with van der Waals surface area (Å²) in [6.45, 7) is 9.16. The van der Waals surface area contributed by atoms with E-state index in [2.05, 4.69) is 17.1 Å². The highest BCUT2D eigenvalue weighted by molar-refractivity contribution is 7.89. The summed E-state index contributed by atoms with van der Waals surface area (Å²) in [5.41, 5.74) is 1.25. The van der Waals surface area contributed by atoms with Gasteiger partial charge in [0.25, 0.3) is 5.91 Å². The van der Waals surface area contributed by atoms with Gasteiger partial charge in [-0.3, -0.25) is 4.79 Å². The van der Waals surface area contributed by atoms with Crippen LogP contribution in [0.15, 0.2) is 23.1 Å². The predicted octanol–water partition coefficient (Wildman–Crippen LogP) is 2.63. The van der Waals surface area contributed by atoms with Crippen LogP contribution in [-0.2, 0) is 10.0 Å². The van der Waals surface area contributed by atoms with Crippen LogP contribution in [0.2, 0.25) is 0 Å². The van der Waals surface area contributed by atoms with Crippen LogP contribution in [-0.4, -0.2) is 62.8 Å². The number of sulfonamides is 1. The molecule has 0 aliphatic carbocycles. The molecule has 2 fully saturated rings. The maximum absolute atomic E-state index is 12.8. The second-order valence-electron chi connectivity index (χ2n) is 8.22. The molecule has 1 N–H and O–H groups in total. The Bertz CT molecular complexity index is 780. The van der Waals surface area contributed by atoms with Crippen molar-refractivity contribution in [1.29, 1.82) is 0 Å². The average Bonchev–Trinajstić information content (AvgIpc) is 3.22. The molecule has 28 heavy (non-hydrogen) atoms. The zero-order valence-electron chi connectivity index (χ0n) is 17.1. The van der Waals surface area contributed by atoms with Crippen molar-refractivity contribution in [3.8, 4) is 0 Å². The van der Waals surface area contributed by atoms with E-state index in [0.717, 1.165) is 50.4 Å². The maximum atomic E-state index is 12.8. The van der Waals surface area contributed by atoms with E-state index in [4.69, 9.17) is 0 Å². The van der Waals surface area contributed by atoms with Gasteiger partial charge >= 0.3 is 0 Å². The molecule has 0 saturated carbocycles. The van der Waals surface area contributed by atoms with E-state index in [9.17, 15) is 13.2 Å². The predicted molar refractivity (Wildman–Crippen MR) is 111 cm³/mol. The molecule has 7 heteroatoms. The van der Waals surface area contributed by atoms with Crippen molar-refractivity contribution in [2.75, 3.05) is 39.3 Å². The Labute approximate surface area is 169 Å². The van der Waals surface area contributed by atoms with Crippen LogP contribution in [0.4, 0.5) is 0 Å². The van der Waals surface area contributed by atoms with Gasteiger partial charge in [-0.2, -0.15) is 4.31 Å². The Morgan fingerprint density at radius 3 is 2.50 bits per heavy atom. The van der Waals surface area contributed by atoms with E-state index in [-0.39, 0.29) is 10.8 Å². The Morgan fingerprint density at radius 2 is 1.82 bits per heavy atom. The van der Waals surface area contributed by atoms with Gasteiger partial charge in [0.2, 0.25) is 10.0 Å². The molecule has 1 amide bonds. The Kier molecular flexibility index (Phi) is 7.12. The molecule has 2 saturated heterocycles. The average molecular weight is 408 g/mol. The van der Waals surface area contributed by atoms with Crippen molar-refractivity contribution < 1.29 is 13.2 Å². The largest absolute Gasteiger partial charge is 0.352 e. The van der Waals surface area contributed by atoms with Crippen molar-refractivity contribution in [1.82, 2.24) is 14.5 Å². The number of nitrogens with one attached hydrogen (secondary N) is 1. The van der Waals surface area contributed by atoms with E-state index >= 15 is 0 Å². The minimum atomic E-state index is -3.51. The first kappa shape index (κ1) is 21.3. The normalized spacial score (nSPS) is 19.8. The van der Waals surface area contributed by atoms with Crippen LogP contribution in [0.1, 0.15) is 54.9 Å². The fourth-order valence-corrected chi connectivity index (χ4v) is 5.51. The standard InChI is InChI=1S/C21H33N3O3S/c1-17-8-14-23(15-9-17)11-5-10-22-21(25)20-16-19(7-6-18(20)2)28(26,27)24-12-3-4-13-24/h6-7,16-17H,3-5,8-15H2,1-2H3,(H,22,25). The number of nitrogens with zero attached hydrogens (tertiary/aromatic N) is 2. The first-order chi connectivity index (χ1) is 13.4. The summed E-state index contributed by atoms with van der Waals surface area (Å²) in [6.07, 6.45) is 5.21. The van der Waals surface area contributed by atoms with Gasteiger partial charge in [0.15, 0.2) is 0 Å². The smallest absolute Gasteiger partial charge is 0.251 e. The van der Waals surface area contributed by atoms with Gasteiger partial charge < -0.3 is 10.2 Å². The molecule has 0 radical (unpaired) electrons. The Morgan fingerprint density at radius 1 is 1.14 bits per heavy atom. The minimum absolute atomic E-state index is 0.191. The lowest BCUT2D eigenvalue weighted by Crippen LogP contribution is -2.35. The maximum Gasteiger partial charge on any atom is 0.251 e. The SMILES string of the molecule is Cc1ccc(S(=O)(=O)N2CCCC2)cc1C(=O)NCCCN1CCC(C)CC1. The van der Waals surface area contributed by atoms with Crippen LogP contribution in [0.25, 0.3) is 0 Å². The molecule has 1 aromatic rings. The molecule has 0 aromatic heterocycles. The molecule has 3 rings (SSSR count). The van der Waals surface area contributed by atoms with Crippen molar-refractivity contribution in [2.24, 2.45) is 5.92 Å². The fraction of sp³-hybridized carbons (Fsp3) is 0.667. The third-order valence-corrected chi connectivity index (χ3v) is 7.86. The van der Waals surface area contributed by atoms with Crippen molar-refractivity contribution in [3.63, 3.8) is 0 Å². The van der Waals surface area contributed by atoms with E-state index in [1.165, 1.54) is 23.2 Å². The molecule has 6 nitrogen and oxygen atoms in total. The molecular formula is C21H33N3O3S. The number of hydrogen-bond donors (Lipinski definition) is 1. The van der Waals surface area contributed by atoms with Gasteiger partial charge in [0.1, 0.15) is 0 Å². The van der Waals surface area contributed by atoms with Crippen molar-refractivity contribution in [3.05, 3.63) is 29.3 Å². The number of rotatable bonds is 7. The summed E-state index contributed by atoms with van der Waals surface area (Å²) >= 11 is 0. The summed E-state index contributed by atoms with van der Waals surface area (Å²) < 4.78 is 27.0. The van der Waals surface area contributed by atoms with Gasteiger partial charge in [0.05, 0.1) is 4.90 Å². The van der Waals surface area contributed by atoms with Gasteiger partial charge in [0, 0.05) is 25.2 Å². The number of aryl methyl sites for hydroxylation is 1. The van der Waals surface area contributed by atoms with Crippen LogP contribution in [0, 0.1) is 12.8 Å². The third kappa shape index (κ3) is 5.13. The minimum Gasteiger partial charge on any atom is -0.352 e. The highest BCUT2D eigenvalue weighted by Crippen LogP contribution is 2.23. The summed E-state index contributed by atoms with van der Waals surface area (Å²) in [5.74, 6) is 0.631. The third-order valence-electron chi connectivity index (χ3n) is 5.97. The number of benzene rings is 1. The number of hydrogen-bond acceptors (Lipinski definition) is 4. The molecule has 1 aromatic carbocycles. The van der Waals surface area contributed by atoms with Crippen LogP contribution >= 0.6 is 0 Å². The van der Waals surface area contributed by atoms with Crippen LogP contribution in [0.3, 0.4) is 0 Å². The number of carbonyl (C=O) groups is 1. The van der Waals surface area contributed by atoms with Crippen molar-refractivity contribution in [2.45, 2.75) is 50.8 Å². The highest BCUT2D eigenvalue weighted by Gasteiger charge is 2.28. The van der Waals surface area contributed by atoms with Crippen LogP contribution in [0.5, 0.6) is 0 Å². The number of carbonyl (C=O) groups excluding carboxylic acids is 1. The summed E-state index contributed by atoms with van der Waals surface area (Å²) in [6, 6.07) is 4.87. The van der Waals surface area contributed by atoms with Crippen LogP contribution < -0.4 is 5.32 Å². The lowest BCUT2D eigenvalue weighted by atomic mass is 9.99. The molecule has 2 aliphatic rings. The van der Waals surface area contributed by atoms with Gasteiger partial charge in [-0.05, 0) is 82.3 Å². The first-order valence-corrected chi connectivity index (χ1v) is 11.9. The zero-order chi connectivity index (χ0) is 20.1. The lowest BCUT2D eigenvalue weighted by Gasteiger charge is -2.30. The topological polar surface area (TPSA) is 69.7 Å². The second-order valence-corrected chi connectivity index (χ2v) is 10.2. The number of amides is 1. The van der Waals surface area contributed by atoms with E-state index in [0.29, 0.717) is 25.2 Å². The molecule has 0 spiro atoms. The molecule has 0 atom stereocenters. The van der Waals surface area contributed by atoms with E-state index < -0.39 is 10.0 Å². The monoisotopic (exact) mass is 407 g/mol. The number of likely N-dealkylation sites (tertiary alicyclic amines) is 1. The fourth-order valence-electron chi connectivity index (χ4n) is 3.97. The molecule has 2 heterocycles. The summed E-state index contributed by atoms with van der Waals surface area (Å²) in [7, 11) is -3.51. The Balaban J connectivity index is 1.56. The molecular weight excluding hydrogens is 374 g/mol. The van der Waals surface area contributed by atoms with Gasteiger partial charge in [-0.1, -0.05) is 13.0 Å². The van der Waals surface area contributed by atoms with Crippen molar-refractivity contribution >= 4 is 15.9 Å². The molecule has 156 valence electrons. The quantitative estimate of drug-likeness (QED) is 0.706. The lowest BCUT2D eigenvalue weighted by molar-refractivity contribution is 0.0949. The molecule has 0 bridgehead atoms. The Hall–Kier alpha value is -1.44. The summed E-state index contributed by atoms with van der Waals surface area (Å²) in [5, 5.41) is 2.96. The highest BCUT2D eigenvalue weighted by atomic mass is 32.2. The van der Waals surface area contributed by atoms with E-state index in [1.54, 1.807) is 12.1 Å². The first-order valence-electron chi connectivity index (χ1n) is 10.5. The number of piperidine rings is 1. The van der Waals surface area contributed by atoms with E-state index in [1.807, 2.05) is 6.92 Å². The second kappa shape index (κ2) is 9.37. The summed E-state index contributed by atoms with van der Waals surface area (Å²) in [4.78, 5) is 15.3. The van der Waals surface area contributed by atoms with Gasteiger partial charge in [-0.15, -0.1) is 0 Å². The molecule has 2 aliphatic heterocycles. The zero-order valence-corrected chi connectivity index (χ0v) is 17.9. The molecule has 0 unspecified atom stereocenters. The van der Waals surface area contributed by atoms with Gasteiger partial charge in [-0.25, -0.2) is 8.42 Å².